The lowest BCUT2D eigenvalue weighted by Gasteiger charge is -1.82. The number of allylic oxidation sites excluding steroid dienone is 5. The fourth-order valence-electron chi connectivity index (χ4n) is 0.630. The average Bonchev–Trinajstić information content (AvgIpc) is 2.19. The maximum atomic E-state index is 8.38. The zero-order valence-electron chi connectivity index (χ0n) is 4.54. The largest absolute Gasteiger partial charge is 0.392 e. The Hall–Kier alpha value is -0.820. The Kier molecular flexibility index (Phi) is 1.65. The summed E-state index contributed by atoms with van der Waals surface area (Å²) in [6.07, 6.45) is 9.56. The van der Waals surface area contributed by atoms with Crippen molar-refractivity contribution in [1.82, 2.24) is 0 Å². The molecule has 1 rings (SSSR count). The predicted octanol–water partition coefficient (Wildman–Crippen LogP) is 1.03. The highest BCUT2D eigenvalue weighted by atomic mass is 16.2. The summed E-state index contributed by atoms with van der Waals surface area (Å²) < 4.78 is 0. The molecule has 1 heteroatoms. The second-order valence-corrected chi connectivity index (χ2v) is 1.60. The second-order valence-electron chi connectivity index (χ2n) is 1.60. The van der Waals surface area contributed by atoms with Gasteiger partial charge in [-0.25, -0.2) is 0 Å². The molecule has 0 atom stereocenters. The van der Waals surface area contributed by atoms with Crippen LogP contribution in [-0.2, 0) is 0 Å². The van der Waals surface area contributed by atoms with Gasteiger partial charge in [0.2, 0.25) is 0 Å². The zero-order chi connectivity index (χ0) is 5.82. The van der Waals surface area contributed by atoms with E-state index in [0.717, 1.165) is 5.57 Å². The first-order chi connectivity index (χ1) is 3.93. The van der Waals surface area contributed by atoms with E-state index in [2.05, 4.69) is 0 Å². The molecule has 0 saturated carbocycles. The van der Waals surface area contributed by atoms with Crippen molar-refractivity contribution in [1.29, 1.82) is 0 Å². The van der Waals surface area contributed by atoms with Gasteiger partial charge in [-0.05, 0) is 5.57 Å². The quantitative estimate of drug-likeness (QED) is 0.532. The number of hydrogen-bond donors (Lipinski definition) is 1. The number of hydrogen-bond acceptors (Lipinski definition) is 1. The first-order valence-electron chi connectivity index (χ1n) is 2.59. The second kappa shape index (κ2) is 2.48. The predicted molar refractivity (Wildman–Crippen MR) is 33.4 cm³/mol. The van der Waals surface area contributed by atoms with Gasteiger partial charge >= 0.3 is 0 Å². The van der Waals surface area contributed by atoms with Crippen LogP contribution in [0.1, 0.15) is 0 Å². The Labute approximate surface area is 48.6 Å². The lowest BCUT2D eigenvalue weighted by molar-refractivity contribution is 0.342. The molecule has 1 aliphatic rings. The SMILES string of the molecule is OCC=C1C=CC=C1. The van der Waals surface area contributed by atoms with Gasteiger partial charge in [-0.2, -0.15) is 0 Å². The summed E-state index contributed by atoms with van der Waals surface area (Å²) in [6, 6.07) is 0. The van der Waals surface area contributed by atoms with Crippen molar-refractivity contribution in [2.24, 2.45) is 0 Å². The maximum Gasteiger partial charge on any atom is 0.0621 e. The molecule has 0 unspecified atom stereocenters. The molecule has 1 nitrogen and oxygen atoms in total. The van der Waals surface area contributed by atoms with Gasteiger partial charge < -0.3 is 5.11 Å². The van der Waals surface area contributed by atoms with Crippen molar-refractivity contribution in [2.75, 3.05) is 6.61 Å². The smallest absolute Gasteiger partial charge is 0.0621 e. The first kappa shape index (κ1) is 5.32. The Morgan fingerprint density at radius 3 is 2.50 bits per heavy atom. The van der Waals surface area contributed by atoms with Crippen LogP contribution < -0.4 is 0 Å². The Morgan fingerprint density at radius 1 is 1.38 bits per heavy atom. The van der Waals surface area contributed by atoms with E-state index < -0.39 is 0 Å². The number of aliphatic hydroxyl groups is 1. The van der Waals surface area contributed by atoms with Crippen molar-refractivity contribution in [3.05, 3.63) is 36.0 Å². The van der Waals surface area contributed by atoms with Crippen LogP contribution in [0.25, 0.3) is 0 Å². The summed E-state index contributed by atoms with van der Waals surface area (Å²) in [4.78, 5) is 0. The van der Waals surface area contributed by atoms with E-state index in [1.807, 2.05) is 24.3 Å². The van der Waals surface area contributed by atoms with Crippen LogP contribution in [0.2, 0.25) is 0 Å². The lowest BCUT2D eigenvalue weighted by Crippen LogP contribution is -1.73. The minimum Gasteiger partial charge on any atom is -0.392 e. The molecule has 42 valence electrons. The molecule has 0 spiro atoms. The van der Waals surface area contributed by atoms with Crippen LogP contribution in [0.15, 0.2) is 36.0 Å². The highest BCUT2D eigenvalue weighted by molar-refractivity contribution is 5.39. The summed E-state index contributed by atoms with van der Waals surface area (Å²) in [5.41, 5.74) is 1.09. The molecule has 0 radical (unpaired) electrons. The van der Waals surface area contributed by atoms with Gasteiger partial charge in [-0.1, -0.05) is 30.4 Å². The Bertz CT molecular complexity index is 138. The van der Waals surface area contributed by atoms with Crippen LogP contribution in [-0.4, -0.2) is 11.7 Å². The van der Waals surface area contributed by atoms with Gasteiger partial charge in [0, 0.05) is 0 Å². The average molecular weight is 108 g/mol. The summed E-state index contributed by atoms with van der Waals surface area (Å²) in [6.45, 7) is 0.129. The van der Waals surface area contributed by atoms with E-state index in [-0.39, 0.29) is 6.61 Å². The number of aliphatic hydroxyl groups excluding tert-OH is 1. The molecule has 0 fully saturated rings. The third-order valence-corrected chi connectivity index (χ3v) is 1.02. The van der Waals surface area contributed by atoms with Crippen LogP contribution in [0.3, 0.4) is 0 Å². The van der Waals surface area contributed by atoms with Crippen molar-refractivity contribution < 1.29 is 5.11 Å². The van der Waals surface area contributed by atoms with Gasteiger partial charge in [0.15, 0.2) is 0 Å². The van der Waals surface area contributed by atoms with E-state index in [9.17, 15) is 0 Å². The van der Waals surface area contributed by atoms with Gasteiger partial charge in [0.1, 0.15) is 0 Å². The third kappa shape index (κ3) is 1.07. The monoisotopic (exact) mass is 108 g/mol. The van der Waals surface area contributed by atoms with Crippen LogP contribution in [0.5, 0.6) is 0 Å². The van der Waals surface area contributed by atoms with Crippen LogP contribution in [0.4, 0.5) is 0 Å². The van der Waals surface area contributed by atoms with Crippen molar-refractivity contribution in [2.45, 2.75) is 0 Å². The van der Waals surface area contributed by atoms with Gasteiger partial charge in [-0.3, -0.25) is 0 Å². The van der Waals surface area contributed by atoms with Crippen LogP contribution in [0, 0.1) is 0 Å². The summed E-state index contributed by atoms with van der Waals surface area (Å²) in [5.74, 6) is 0. The zero-order valence-corrected chi connectivity index (χ0v) is 4.54. The fraction of sp³-hybridized carbons (Fsp3) is 0.143. The molecule has 1 aliphatic carbocycles. The fourth-order valence-corrected chi connectivity index (χ4v) is 0.630. The lowest BCUT2D eigenvalue weighted by atomic mass is 10.3. The molecule has 0 bridgehead atoms. The molecule has 1 N–H and O–H groups in total. The Morgan fingerprint density at radius 2 is 2.00 bits per heavy atom. The van der Waals surface area contributed by atoms with Gasteiger partial charge in [0.05, 0.1) is 6.61 Å². The summed E-state index contributed by atoms with van der Waals surface area (Å²) in [7, 11) is 0. The molecule has 0 aromatic heterocycles. The summed E-state index contributed by atoms with van der Waals surface area (Å²) >= 11 is 0. The third-order valence-electron chi connectivity index (χ3n) is 1.02. The number of rotatable bonds is 1. The Balaban J connectivity index is 2.60. The molecule has 0 heterocycles. The summed E-state index contributed by atoms with van der Waals surface area (Å²) in [5, 5.41) is 8.38. The van der Waals surface area contributed by atoms with Crippen molar-refractivity contribution in [3.63, 3.8) is 0 Å². The molecular weight excluding hydrogens is 100 g/mol. The van der Waals surface area contributed by atoms with E-state index in [1.54, 1.807) is 6.08 Å². The van der Waals surface area contributed by atoms with Crippen LogP contribution >= 0.6 is 0 Å². The normalized spacial score (nSPS) is 15.4. The molecule has 0 aromatic rings. The highest BCUT2D eigenvalue weighted by Gasteiger charge is 1.86. The maximum absolute atomic E-state index is 8.38. The van der Waals surface area contributed by atoms with Crippen molar-refractivity contribution in [3.8, 4) is 0 Å². The standard InChI is InChI=1S/C7H8O/c8-6-5-7-3-1-2-4-7/h1-5,8H,6H2. The molecule has 0 amide bonds. The molecule has 0 aromatic carbocycles. The minimum absolute atomic E-state index is 0.129. The van der Waals surface area contributed by atoms with Gasteiger partial charge in [-0.15, -0.1) is 0 Å². The molecule has 0 saturated heterocycles. The minimum atomic E-state index is 0.129. The van der Waals surface area contributed by atoms with E-state index >= 15 is 0 Å². The van der Waals surface area contributed by atoms with E-state index in [1.165, 1.54) is 0 Å². The van der Waals surface area contributed by atoms with E-state index in [0.29, 0.717) is 0 Å². The molecule has 0 aliphatic heterocycles. The van der Waals surface area contributed by atoms with E-state index in [4.69, 9.17) is 5.11 Å². The molecular formula is C7H8O. The first-order valence-corrected chi connectivity index (χ1v) is 2.59. The molecule has 8 heavy (non-hydrogen) atoms. The van der Waals surface area contributed by atoms with Gasteiger partial charge in [0.25, 0.3) is 0 Å². The highest BCUT2D eigenvalue weighted by Crippen LogP contribution is 2.05. The van der Waals surface area contributed by atoms with Crippen molar-refractivity contribution >= 4 is 0 Å². The topological polar surface area (TPSA) is 20.2 Å².